The summed E-state index contributed by atoms with van der Waals surface area (Å²) in [6, 6.07) is 14.8. The minimum atomic E-state index is -0.447. The summed E-state index contributed by atoms with van der Waals surface area (Å²) in [6.45, 7) is 9.38. The Bertz CT molecular complexity index is 955. The highest BCUT2D eigenvalue weighted by atomic mass is 16.5. The van der Waals surface area contributed by atoms with Gasteiger partial charge in [-0.2, -0.15) is 0 Å². The SMILES string of the molecule is C=CC(=O)O[C@@H](C)C[C@@H](C)Oc1ccc(C(=O)Oc2ccc(C3CCC(CCC)CC3)cc2)cc1. The second kappa shape index (κ2) is 13.1. The van der Waals surface area contributed by atoms with Crippen LogP contribution in [0.5, 0.6) is 11.5 Å². The largest absolute Gasteiger partial charge is 0.491 e. The molecule has 0 spiro atoms. The maximum absolute atomic E-state index is 12.6. The van der Waals surface area contributed by atoms with Crippen molar-refractivity contribution in [2.75, 3.05) is 0 Å². The molecule has 5 heteroatoms. The Hall–Kier alpha value is -3.08. The van der Waals surface area contributed by atoms with Gasteiger partial charge < -0.3 is 14.2 Å². The number of benzene rings is 2. The van der Waals surface area contributed by atoms with E-state index in [2.05, 4.69) is 25.6 Å². The van der Waals surface area contributed by atoms with E-state index in [1.165, 1.54) is 44.1 Å². The molecule has 1 saturated carbocycles. The van der Waals surface area contributed by atoms with Gasteiger partial charge in [0, 0.05) is 12.5 Å². The van der Waals surface area contributed by atoms with Crippen molar-refractivity contribution in [3.8, 4) is 11.5 Å². The smallest absolute Gasteiger partial charge is 0.343 e. The van der Waals surface area contributed by atoms with Gasteiger partial charge in [-0.1, -0.05) is 38.5 Å². The predicted molar refractivity (Wildman–Crippen MR) is 138 cm³/mol. The lowest BCUT2D eigenvalue weighted by molar-refractivity contribution is -0.143. The zero-order chi connectivity index (χ0) is 25.2. The average molecular weight is 479 g/mol. The van der Waals surface area contributed by atoms with Crippen molar-refractivity contribution >= 4 is 11.9 Å². The quantitative estimate of drug-likeness (QED) is 0.193. The van der Waals surface area contributed by atoms with E-state index in [1.807, 2.05) is 26.0 Å². The van der Waals surface area contributed by atoms with Crippen LogP contribution in [0, 0.1) is 5.92 Å². The summed E-state index contributed by atoms with van der Waals surface area (Å²) < 4.78 is 16.6. The van der Waals surface area contributed by atoms with Gasteiger partial charge in [0.1, 0.15) is 17.6 Å². The Kier molecular flexibility index (Phi) is 9.95. The Labute approximate surface area is 209 Å². The van der Waals surface area contributed by atoms with E-state index in [0.717, 1.165) is 12.0 Å². The van der Waals surface area contributed by atoms with Crippen LogP contribution in [0.25, 0.3) is 0 Å². The molecule has 1 aliphatic rings. The van der Waals surface area contributed by atoms with Crippen molar-refractivity contribution in [1.82, 2.24) is 0 Å². The second-order valence-corrected chi connectivity index (χ2v) is 9.61. The molecule has 0 amide bonds. The standard InChI is InChI=1S/C30H38O5/c1-5-7-23-8-10-24(11-9-23)25-12-16-28(17-13-25)35-30(32)26-14-18-27(19-15-26)33-21(3)20-22(4)34-29(31)6-2/h6,12-19,21-24H,2,5,7-11,20H2,1,3-4H3/t21-,22+,23?,24?/m1/s1. The zero-order valence-corrected chi connectivity index (χ0v) is 21.2. The van der Waals surface area contributed by atoms with Crippen LogP contribution in [-0.4, -0.2) is 24.1 Å². The van der Waals surface area contributed by atoms with Crippen LogP contribution in [0.4, 0.5) is 0 Å². The summed E-state index contributed by atoms with van der Waals surface area (Å²) >= 11 is 0. The van der Waals surface area contributed by atoms with Crippen LogP contribution < -0.4 is 9.47 Å². The number of rotatable bonds is 11. The number of carbonyl (C=O) groups is 2. The van der Waals surface area contributed by atoms with E-state index < -0.39 is 11.9 Å². The fraction of sp³-hybridized carbons (Fsp3) is 0.467. The average Bonchev–Trinajstić information content (AvgIpc) is 2.85. The summed E-state index contributed by atoms with van der Waals surface area (Å²) in [7, 11) is 0. The molecule has 2 aromatic rings. The monoisotopic (exact) mass is 478 g/mol. The molecule has 0 heterocycles. The van der Waals surface area contributed by atoms with E-state index in [1.54, 1.807) is 24.3 Å². The van der Waals surface area contributed by atoms with Gasteiger partial charge in [0.2, 0.25) is 0 Å². The third-order valence-corrected chi connectivity index (χ3v) is 6.68. The minimum Gasteiger partial charge on any atom is -0.491 e. The summed E-state index contributed by atoms with van der Waals surface area (Å²) in [6.07, 6.45) is 8.98. The van der Waals surface area contributed by atoms with Crippen molar-refractivity contribution in [2.45, 2.75) is 83.8 Å². The number of esters is 2. The Morgan fingerprint density at radius 2 is 1.57 bits per heavy atom. The molecule has 0 aromatic heterocycles. The lowest BCUT2D eigenvalue weighted by atomic mass is 9.77. The molecule has 0 saturated heterocycles. The van der Waals surface area contributed by atoms with Crippen LogP contribution in [0.2, 0.25) is 0 Å². The van der Waals surface area contributed by atoms with Crippen LogP contribution in [0.3, 0.4) is 0 Å². The fourth-order valence-corrected chi connectivity index (χ4v) is 4.88. The van der Waals surface area contributed by atoms with Crippen molar-refractivity contribution < 1.29 is 23.8 Å². The molecular formula is C30H38O5. The highest BCUT2D eigenvalue weighted by Gasteiger charge is 2.22. The van der Waals surface area contributed by atoms with E-state index >= 15 is 0 Å². The molecule has 0 aliphatic heterocycles. The van der Waals surface area contributed by atoms with E-state index in [0.29, 0.717) is 29.4 Å². The van der Waals surface area contributed by atoms with Gasteiger partial charge in [0.25, 0.3) is 0 Å². The molecule has 2 atom stereocenters. The normalized spacial score (nSPS) is 19.3. The lowest BCUT2D eigenvalue weighted by Crippen LogP contribution is -2.22. The molecule has 188 valence electrons. The van der Waals surface area contributed by atoms with Gasteiger partial charge in [0.05, 0.1) is 11.7 Å². The summed E-state index contributed by atoms with van der Waals surface area (Å²) in [5.41, 5.74) is 1.79. The first-order valence-electron chi connectivity index (χ1n) is 12.8. The van der Waals surface area contributed by atoms with Crippen molar-refractivity contribution in [1.29, 1.82) is 0 Å². The van der Waals surface area contributed by atoms with Crippen LogP contribution in [-0.2, 0) is 9.53 Å². The van der Waals surface area contributed by atoms with Crippen molar-refractivity contribution in [3.05, 3.63) is 72.3 Å². The topological polar surface area (TPSA) is 61.8 Å². The maximum atomic E-state index is 12.6. The number of carbonyl (C=O) groups excluding carboxylic acids is 2. The highest BCUT2D eigenvalue weighted by Crippen LogP contribution is 2.37. The molecule has 0 radical (unpaired) electrons. The first-order valence-corrected chi connectivity index (χ1v) is 12.8. The van der Waals surface area contributed by atoms with Gasteiger partial charge in [-0.3, -0.25) is 0 Å². The molecule has 0 unspecified atom stereocenters. The van der Waals surface area contributed by atoms with Gasteiger partial charge in [-0.15, -0.1) is 0 Å². The van der Waals surface area contributed by atoms with E-state index in [9.17, 15) is 9.59 Å². The van der Waals surface area contributed by atoms with Crippen LogP contribution >= 0.6 is 0 Å². The van der Waals surface area contributed by atoms with Crippen LogP contribution in [0.15, 0.2) is 61.2 Å². The second-order valence-electron chi connectivity index (χ2n) is 9.61. The first-order chi connectivity index (χ1) is 16.9. The summed E-state index contributed by atoms with van der Waals surface area (Å²) in [5.74, 6) is 1.84. The Morgan fingerprint density at radius 1 is 0.943 bits per heavy atom. The highest BCUT2D eigenvalue weighted by molar-refractivity contribution is 5.91. The summed E-state index contributed by atoms with van der Waals surface area (Å²) in [4.78, 5) is 23.9. The Balaban J connectivity index is 1.47. The third kappa shape index (κ3) is 8.27. The van der Waals surface area contributed by atoms with Gasteiger partial charge in [0.15, 0.2) is 0 Å². The van der Waals surface area contributed by atoms with Crippen LogP contribution in [0.1, 0.15) is 87.6 Å². The van der Waals surface area contributed by atoms with Crippen molar-refractivity contribution in [2.24, 2.45) is 5.92 Å². The van der Waals surface area contributed by atoms with E-state index in [4.69, 9.17) is 14.2 Å². The maximum Gasteiger partial charge on any atom is 0.343 e. The number of ether oxygens (including phenoxy) is 3. The molecule has 0 bridgehead atoms. The Morgan fingerprint density at radius 3 is 2.17 bits per heavy atom. The molecule has 2 aromatic carbocycles. The third-order valence-electron chi connectivity index (χ3n) is 6.68. The molecule has 1 fully saturated rings. The molecule has 1 aliphatic carbocycles. The fourth-order valence-electron chi connectivity index (χ4n) is 4.88. The first kappa shape index (κ1) is 26.5. The molecule has 35 heavy (non-hydrogen) atoms. The van der Waals surface area contributed by atoms with Gasteiger partial charge in [-0.25, -0.2) is 9.59 Å². The number of hydrogen-bond donors (Lipinski definition) is 0. The molecule has 5 nitrogen and oxygen atoms in total. The number of hydrogen-bond acceptors (Lipinski definition) is 5. The lowest BCUT2D eigenvalue weighted by Gasteiger charge is -2.28. The zero-order valence-electron chi connectivity index (χ0n) is 21.2. The molecular weight excluding hydrogens is 440 g/mol. The predicted octanol–water partition coefficient (Wildman–Crippen LogP) is 7.25. The van der Waals surface area contributed by atoms with Gasteiger partial charge in [-0.05, 0) is 93.3 Å². The minimum absolute atomic E-state index is 0.166. The van der Waals surface area contributed by atoms with E-state index in [-0.39, 0.29) is 12.2 Å². The summed E-state index contributed by atoms with van der Waals surface area (Å²) in [5, 5.41) is 0. The molecule has 0 N–H and O–H groups in total. The van der Waals surface area contributed by atoms with Gasteiger partial charge >= 0.3 is 11.9 Å². The molecule has 3 rings (SSSR count). The van der Waals surface area contributed by atoms with Crippen molar-refractivity contribution in [3.63, 3.8) is 0 Å².